The second kappa shape index (κ2) is 6.08. The highest BCUT2D eigenvalue weighted by Crippen LogP contribution is 2.26. The third-order valence-corrected chi connectivity index (χ3v) is 3.69. The third-order valence-electron chi connectivity index (χ3n) is 2.73. The van der Waals surface area contributed by atoms with Crippen LogP contribution in [-0.4, -0.2) is 42.0 Å². The lowest BCUT2D eigenvalue weighted by Crippen LogP contribution is -2.37. The van der Waals surface area contributed by atoms with Crippen LogP contribution in [0.5, 0.6) is 0 Å². The number of alkyl halides is 2. The first-order chi connectivity index (χ1) is 9.13. The molecule has 0 bridgehead atoms. The van der Waals surface area contributed by atoms with Gasteiger partial charge in [0.25, 0.3) is 12.3 Å². The van der Waals surface area contributed by atoms with Gasteiger partial charge in [0.05, 0.1) is 18.7 Å². The second-order valence-corrected chi connectivity index (χ2v) is 4.92. The van der Waals surface area contributed by atoms with E-state index in [9.17, 15) is 13.6 Å². The number of rotatable bonds is 5. The summed E-state index contributed by atoms with van der Waals surface area (Å²) in [6.07, 6.45) is -2.61. The summed E-state index contributed by atoms with van der Waals surface area (Å²) in [5.74, 6) is -0.466. The van der Waals surface area contributed by atoms with Gasteiger partial charge in [0.15, 0.2) is 0 Å². The van der Waals surface area contributed by atoms with Crippen molar-refractivity contribution in [2.24, 2.45) is 0 Å². The molecule has 1 heterocycles. The smallest absolute Gasteiger partial charge is 0.255 e. The van der Waals surface area contributed by atoms with Crippen LogP contribution in [0, 0.1) is 0 Å². The third kappa shape index (κ3) is 3.08. The van der Waals surface area contributed by atoms with Gasteiger partial charge in [-0.25, -0.2) is 8.78 Å². The maximum absolute atomic E-state index is 12.5. The molecule has 0 spiro atoms. The van der Waals surface area contributed by atoms with Crippen LogP contribution in [-0.2, 0) is 0 Å². The number of halogens is 2. The van der Waals surface area contributed by atoms with Crippen LogP contribution in [0.2, 0.25) is 0 Å². The molecule has 0 saturated heterocycles. The molecule has 2 rings (SSSR count). The highest BCUT2D eigenvalue weighted by Gasteiger charge is 2.21. The van der Waals surface area contributed by atoms with Crippen molar-refractivity contribution < 1.29 is 18.7 Å². The van der Waals surface area contributed by atoms with Crippen LogP contribution in [0.1, 0.15) is 10.4 Å². The first kappa shape index (κ1) is 13.9. The molecule has 0 fully saturated rings. The van der Waals surface area contributed by atoms with Crippen molar-refractivity contribution in [2.75, 3.05) is 19.7 Å². The Kier molecular flexibility index (Phi) is 4.44. The lowest BCUT2D eigenvalue weighted by molar-refractivity contribution is 0.0511. The fourth-order valence-corrected chi connectivity index (χ4v) is 2.81. The Labute approximate surface area is 113 Å². The number of hydrogen-bond donors (Lipinski definition) is 1. The average Bonchev–Trinajstić information content (AvgIpc) is 2.80. The number of carbonyl (C=O) groups is 1. The monoisotopic (exact) mass is 285 g/mol. The van der Waals surface area contributed by atoms with E-state index in [1.807, 2.05) is 12.1 Å². The summed E-state index contributed by atoms with van der Waals surface area (Å²) in [5.41, 5.74) is 0.412. The Morgan fingerprint density at radius 2 is 2.11 bits per heavy atom. The van der Waals surface area contributed by atoms with Crippen LogP contribution in [0.4, 0.5) is 8.78 Å². The molecule has 102 valence electrons. The summed E-state index contributed by atoms with van der Waals surface area (Å²) in [6, 6.07) is 7.33. The van der Waals surface area contributed by atoms with E-state index in [0.29, 0.717) is 5.56 Å². The molecule has 1 aromatic carbocycles. The Hall–Kier alpha value is -1.53. The van der Waals surface area contributed by atoms with E-state index in [0.717, 1.165) is 15.0 Å². The van der Waals surface area contributed by atoms with Crippen molar-refractivity contribution in [3.63, 3.8) is 0 Å². The Morgan fingerprint density at radius 1 is 1.37 bits per heavy atom. The van der Waals surface area contributed by atoms with Gasteiger partial charge >= 0.3 is 0 Å². The molecule has 0 saturated carbocycles. The molecule has 6 heteroatoms. The topological polar surface area (TPSA) is 40.5 Å². The molecule has 0 aliphatic heterocycles. The molecule has 0 atom stereocenters. The molecule has 1 N–H and O–H groups in total. The zero-order valence-electron chi connectivity index (χ0n) is 10.1. The van der Waals surface area contributed by atoms with Crippen molar-refractivity contribution in [1.29, 1.82) is 0 Å². The Morgan fingerprint density at radius 3 is 2.79 bits per heavy atom. The summed E-state index contributed by atoms with van der Waals surface area (Å²) in [6.45, 7) is -1.09. The van der Waals surface area contributed by atoms with Crippen molar-refractivity contribution in [2.45, 2.75) is 6.43 Å². The van der Waals surface area contributed by atoms with Gasteiger partial charge in [-0.05, 0) is 6.07 Å². The van der Waals surface area contributed by atoms with Gasteiger partial charge in [-0.2, -0.15) is 0 Å². The van der Waals surface area contributed by atoms with E-state index >= 15 is 0 Å². The highest BCUT2D eigenvalue weighted by molar-refractivity contribution is 7.17. The number of hydrogen-bond acceptors (Lipinski definition) is 3. The first-order valence-corrected chi connectivity index (χ1v) is 6.66. The van der Waals surface area contributed by atoms with Crippen LogP contribution in [0.15, 0.2) is 29.6 Å². The number of aliphatic hydroxyl groups is 1. The summed E-state index contributed by atoms with van der Waals surface area (Å²) in [5, 5.41) is 11.3. The van der Waals surface area contributed by atoms with Crippen molar-refractivity contribution >= 4 is 27.3 Å². The molecular formula is C13H13F2NO2S. The normalized spacial score (nSPS) is 11.2. The van der Waals surface area contributed by atoms with E-state index in [1.165, 1.54) is 11.3 Å². The maximum Gasteiger partial charge on any atom is 0.255 e. The van der Waals surface area contributed by atoms with Crippen LogP contribution in [0.25, 0.3) is 10.1 Å². The fourth-order valence-electron chi connectivity index (χ4n) is 1.88. The SMILES string of the molecule is O=C(c1csc2ccccc12)N(CCO)CC(F)F. The highest BCUT2D eigenvalue weighted by atomic mass is 32.1. The van der Waals surface area contributed by atoms with E-state index in [4.69, 9.17) is 5.11 Å². The van der Waals surface area contributed by atoms with Gasteiger partial charge in [0.2, 0.25) is 0 Å². The van der Waals surface area contributed by atoms with E-state index in [-0.39, 0.29) is 13.2 Å². The number of benzene rings is 1. The van der Waals surface area contributed by atoms with Crippen molar-refractivity contribution in [3.05, 3.63) is 35.2 Å². The molecule has 0 unspecified atom stereocenters. The van der Waals surface area contributed by atoms with Gasteiger partial charge in [-0.1, -0.05) is 18.2 Å². The quantitative estimate of drug-likeness (QED) is 0.917. The largest absolute Gasteiger partial charge is 0.395 e. The lowest BCUT2D eigenvalue weighted by atomic mass is 10.1. The van der Waals surface area contributed by atoms with Crippen molar-refractivity contribution in [1.82, 2.24) is 4.90 Å². The predicted molar refractivity (Wildman–Crippen MR) is 70.8 cm³/mol. The molecule has 3 nitrogen and oxygen atoms in total. The van der Waals surface area contributed by atoms with Gasteiger partial charge in [0, 0.05) is 22.0 Å². The first-order valence-electron chi connectivity index (χ1n) is 5.78. The standard InChI is InChI=1S/C13H13F2NO2S/c14-12(15)7-16(5-6-17)13(18)10-8-19-11-4-2-1-3-9(10)11/h1-4,8,12,17H,5-7H2. The number of carbonyl (C=O) groups excluding carboxylic acids is 1. The number of thiophene rings is 1. The summed E-state index contributed by atoms with van der Waals surface area (Å²) in [7, 11) is 0. The number of aliphatic hydroxyl groups excluding tert-OH is 1. The predicted octanol–water partition coefficient (Wildman–Crippen LogP) is 2.60. The fraction of sp³-hybridized carbons (Fsp3) is 0.308. The molecule has 0 aliphatic carbocycles. The molecule has 1 amide bonds. The minimum Gasteiger partial charge on any atom is -0.395 e. The zero-order chi connectivity index (χ0) is 13.8. The minimum absolute atomic E-state index is 0.0899. The molecular weight excluding hydrogens is 272 g/mol. The molecule has 1 aromatic heterocycles. The Balaban J connectivity index is 2.30. The summed E-state index contributed by atoms with van der Waals surface area (Å²) in [4.78, 5) is 13.2. The van der Waals surface area contributed by atoms with Gasteiger partial charge in [-0.15, -0.1) is 11.3 Å². The molecule has 0 aliphatic rings. The second-order valence-electron chi connectivity index (χ2n) is 4.01. The number of nitrogens with zero attached hydrogens (tertiary/aromatic N) is 1. The summed E-state index contributed by atoms with van der Waals surface area (Å²) >= 11 is 1.40. The van der Waals surface area contributed by atoms with E-state index < -0.39 is 18.9 Å². The zero-order valence-corrected chi connectivity index (χ0v) is 10.9. The average molecular weight is 285 g/mol. The van der Waals surface area contributed by atoms with E-state index in [2.05, 4.69) is 0 Å². The van der Waals surface area contributed by atoms with E-state index in [1.54, 1.807) is 17.5 Å². The summed E-state index contributed by atoms with van der Waals surface area (Å²) < 4.78 is 25.8. The van der Waals surface area contributed by atoms with Crippen LogP contribution >= 0.6 is 11.3 Å². The van der Waals surface area contributed by atoms with Crippen LogP contribution in [0.3, 0.4) is 0 Å². The molecule has 0 radical (unpaired) electrons. The van der Waals surface area contributed by atoms with Gasteiger partial charge < -0.3 is 10.0 Å². The number of fused-ring (bicyclic) bond motifs is 1. The van der Waals surface area contributed by atoms with Gasteiger partial charge in [-0.3, -0.25) is 4.79 Å². The van der Waals surface area contributed by atoms with Crippen LogP contribution < -0.4 is 0 Å². The maximum atomic E-state index is 12.5. The minimum atomic E-state index is -2.61. The lowest BCUT2D eigenvalue weighted by Gasteiger charge is -2.20. The van der Waals surface area contributed by atoms with Gasteiger partial charge in [0.1, 0.15) is 0 Å². The molecule has 2 aromatic rings. The molecule has 19 heavy (non-hydrogen) atoms. The van der Waals surface area contributed by atoms with Crippen molar-refractivity contribution in [3.8, 4) is 0 Å². The Bertz CT molecular complexity index is 571. The number of amides is 1.